The number of likely N-dealkylation sites (tertiary alicyclic amines) is 1. The Bertz CT molecular complexity index is 384. The molecule has 4 heteroatoms. The van der Waals surface area contributed by atoms with E-state index in [1.54, 1.807) is 7.11 Å². The number of methoxy groups -OCH3 is 1. The third kappa shape index (κ3) is 4.40. The van der Waals surface area contributed by atoms with Gasteiger partial charge >= 0.3 is 0 Å². The van der Waals surface area contributed by atoms with Crippen molar-refractivity contribution in [3.63, 3.8) is 0 Å². The zero-order valence-electron chi connectivity index (χ0n) is 11.7. The molecule has 0 aromatic heterocycles. The van der Waals surface area contributed by atoms with E-state index in [0.29, 0.717) is 11.6 Å². The largest absolute Gasteiger partial charge is 0.491 e. The highest BCUT2D eigenvalue weighted by Gasteiger charge is 2.21. The van der Waals surface area contributed by atoms with E-state index in [1.165, 1.54) is 13.0 Å². The van der Waals surface area contributed by atoms with Crippen molar-refractivity contribution in [2.24, 2.45) is 5.92 Å². The molecule has 1 aliphatic heterocycles. The molecule has 1 aromatic rings. The first-order valence-corrected chi connectivity index (χ1v) is 6.98. The van der Waals surface area contributed by atoms with E-state index in [0.717, 1.165) is 38.5 Å². The van der Waals surface area contributed by atoms with Gasteiger partial charge in [-0.1, -0.05) is 12.1 Å². The molecule has 106 valence electrons. The molecule has 4 nitrogen and oxygen atoms in total. The average molecular weight is 264 g/mol. The van der Waals surface area contributed by atoms with Gasteiger partial charge in [-0.3, -0.25) is 0 Å². The predicted octanol–water partition coefficient (Wildman–Crippen LogP) is 2.01. The number of nitrogens with two attached hydrogens (primary N) is 1. The van der Waals surface area contributed by atoms with Crippen molar-refractivity contribution in [1.29, 1.82) is 0 Å². The smallest absolute Gasteiger partial charge is 0.142 e. The monoisotopic (exact) mass is 264 g/mol. The highest BCUT2D eigenvalue weighted by atomic mass is 16.5. The van der Waals surface area contributed by atoms with Crippen molar-refractivity contribution < 1.29 is 9.47 Å². The lowest BCUT2D eigenvalue weighted by molar-refractivity contribution is 0.152. The summed E-state index contributed by atoms with van der Waals surface area (Å²) in [6.07, 6.45) is 2.29. The molecule has 1 aliphatic rings. The maximum atomic E-state index is 5.83. The Labute approximate surface area is 115 Å². The SMILES string of the molecule is COCC1CCN(CCCOc2ccccc2N)C1. The van der Waals surface area contributed by atoms with Gasteiger partial charge in [0.15, 0.2) is 0 Å². The molecule has 0 aliphatic carbocycles. The molecule has 0 saturated carbocycles. The Hall–Kier alpha value is -1.26. The summed E-state index contributed by atoms with van der Waals surface area (Å²) < 4.78 is 10.9. The molecule has 1 unspecified atom stereocenters. The van der Waals surface area contributed by atoms with Gasteiger partial charge in [0, 0.05) is 20.2 Å². The first-order valence-electron chi connectivity index (χ1n) is 6.98. The van der Waals surface area contributed by atoms with Gasteiger partial charge in [0.1, 0.15) is 5.75 Å². The van der Waals surface area contributed by atoms with E-state index in [1.807, 2.05) is 24.3 Å². The van der Waals surface area contributed by atoms with Crippen LogP contribution in [-0.4, -0.2) is 44.9 Å². The quantitative estimate of drug-likeness (QED) is 0.604. The Morgan fingerprint density at radius 2 is 2.21 bits per heavy atom. The standard InChI is InChI=1S/C15H24N2O2/c1-18-12-13-7-9-17(11-13)8-4-10-19-15-6-3-2-5-14(15)16/h2-3,5-6,13H,4,7-12,16H2,1H3. The second kappa shape index (κ2) is 7.36. The summed E-state index contributed by atoms with van der Waals surface area (Å²) in [4.78, 5) is 2.49. The summed E-state index contributed by atoms with van der Waals surface area (Å²) in [7, 11) is 1.78. The van der Waals surface area contributed by atoms with E-state index >= 15 is 0 Å². The number of nitrogens with zero attached hydrogens (tertiary/aromatic N) is 1. The number of nitrogen functional groups attached to an aromatic ring is 1. The molecule has 1 heterocycles. The van der Waals surface area contributed by atoms with Gasteiger partial charge in [0.05, 0.1) is 18.9 Å². The van der Waals surface area contributed by atoms with Crippen LogP contribution in [0, 0.1) is 5.92 Å². The van der Waals surface area contributed by atoms with Crippen LogP contribution >= 0.6 is 0 Å². The van der Waals surface area contributed by atoms with Crippen LogP contribution in [0.2, 0.25) is 0 Å². The third-order valence-corrected chi connectivity index (χ3v) is 3.57. The second-order valence-electron chi connectivity index (χ2n) is 5.15. The van der Waals surface area contributed by atoms with Gasteiger partial charge in [0.25, 0.3) is 0 Å². The van der Waals surface area contributed by atoms with E-state index in [4.69, 9.17) is 15.2 Å². The molecule has 1 atom stereocenters. The summed E-state index contributed by atoms with van der Waals surface area (Å²) >= 11 is 0. The van der Waals surface area contributed by atoms with E-state index in [2.05, 4.69) is 4.90 Å². The van der Waals surface area contributed by atoms with Gasteiger partial charge in [-0.15, -0.1) is 0 Å². The highest BCUT2D eigenvalue weighted by Crippen LogP contribution is 2.20. The van der Waals surface area contributed by atoms with Crippen LogP contribution < -0.4 is 10.5 Å². The minimum Gasteiger partial charge on any atom is -0.491 e. The molecule has 0 bridgehead atoms. The summed E-state index contributed by atoms with van der Waals surface area (Å²) in [6.45, 7) is 5.03. The van der Waals surface area contributed by atoms with Crippen LogP contribution in [-0.2, 0) is 4.74 Å². The van der Waals surface area contributed by atoms with Gasteiger partial charge in [-0.05, 0) is 37.4 Å². The zero-order chi connectivity index (χ0) is 13.5. The van der Waals surface area contributed by atoms with E-state index in [9.17, 15) is 0 Å². The molecule has 2 rings (SSSR count). The number of ether oxygens (including phenoxy) is 2. The average Bonchev–Trinajstić information content (AvgIpc) is 2.85. The zero-order valence-corrected chi connectivity index (χ0v) is 11.7. The lowest BCUT2D eigenvalue weighted by Gasteiger charge is -2.16. The van der Waals surface area contributed by atoms with Crippen LogP contribution in [0.3, 0.4) is 0 Å². The maximum Gasteiger partial charge on any atom is 0.142 e. The molecular formula is C15H24N2O2. The normalized spacial score (nSPS) is 19.7. The van der Waals surface area contributed by atoms with Crippen molar-refractivity contribution in [3.05, 3.63) is 24.3 Å². The topological polar surface area (TPSA) is 47.7 Å². The predicted molar refractivity (Wildman–Crippen MR) is 77.4 cm³/mol. The molecule has 1 aromatic carbocycles. The third-order valence-electron chi connectivity index (χ3n) is 3.57. The summed E-state index contributed by atoms with van der Waals surface area (Å²) in [5.74, 6) is 1.50. The van der Waals surface area contributed by atoms with Crippen LogP contribution in [0.1, 0.15) is 12.8 Å². The molecule has 19 heavy (non-hydrogen) atoms. The Morgan fingerprint density at radius 1 is 1.37 bits per heavy atom. The van der Waals surface area contributed by atoms with Crippen molar-refractivity contribution in [1.82, 2.24) is 4.90 Å². The minimum atomic E-state index is 0.704. The maximum absolute atomic E-state index is 5.83. The first kappa shape index (κ1) is 14.2. The minimum absolute atomic E-state index is 0.704. The van der Waals surface area contributed by atoms with Crippen LogP contribution in [0.5, 0.6) is 5.75 Å². The fourth-order valence-electron chi connectivity index (χ4n) is 2.57. The molecule has 1 saturated heterocycles. The van der Waals surface area contributed by atoms with Crippen LogP contribution in [0.15, 0.2) is 24.3 Å². The van der Waals surface area contributed by atoms with Gasteiger partial charge in [-0.25, -0.2) is 0 Å². The lowest BCUT2D eigenvalue weighted by Crippen LogP contribution is -2.24. The Balaban J connectivity index is 1.61. The first-order chi connectivity index (χ1) is 9.29. The molecular weight excluding hydrogens is 240 g/mol. The van der Waals surface area contributed by atoms with Crippen molar-refractivity contribution in [2.45, 2.75) is 12.8 Å². The number of hydrogen-bond acceptors (Lipinski definition) is 4. The van der Waals surface area contributed by atoms with Crippen molar-refractivity contribution in [3.8, 4) is 5.75 Å². The van der Waals surface area contributed by atoms with Crippen LogP contribution in [0.25, 0.3) is 0 Å². The lowest BCUT2D eigenvalue weighted by atomic mass is 10.1. The molecule has 1 fully saturated rings. The van der Waals surface area contributed by atoms with Crippen molar-refractivity contribution >= 4 is 5.69 Å². The summed E-state index contributed by atoms with van der Waals surface area (Å²) in [6, 6.07) is 7.65. The fraction of sp³-hybridized carbons (Fsp3) is 0.600. The number of anilines is 1. The number of rotatable bonds is 7. The van der Waals surface area contributed by atoms with Crippen molar-refractivity contribution in [2.75, 3.05) is 45.7 Å². The van der Waals surface area contributed by atoms with Gasteiger partial charge < -0.3 is 20.1 Å². The summed E-state index contributed by atoms with van der Waals surface area (Å²) in [5.41, 5.74) is 6.54. The molecule has 0 spiro atoms. The fourth-order valence-corrected chi connectivity index (χ4v) is 2.57. The van der Waals surface area contributed by atoms with E-state index in [-0.39, 0.29) is 0 Å². The molecule has 0 radical (unpaired) electrons. The van der Waals surface area contributed by atoms with Gasteiger partial charge in [-0.2, -0.15) is 0 Å². The second-order valence-corrected chi connectivity index (χ2v) is 5.15. The molecule has 2 N–H and O–H groups in total. The Kier molecular flexibility index (Phi) is 5.48. The number of benzene rings is 1. The van der Waals surface area contributed by atoms with E-state index < -0.39 is 0 Å². The van der Waals surface area contributed by atoms with Gasteiger partial charge in [0.2, 0.25) is 0 Å². The summed E-state index contributed by atoms with van der Waals surface area (Å²) in [5, 5.41) is 0. The van der Waals surface area contributed by atoms with Crippen LogP contribution in [0.4, 0.5) is 5.69 Å². The Morgan fingerprint density at radius 3 is 3.00 bits per heavy atom. The molecule has 0 amide bonds. The number of hydrogen-bond donors (Lipinski definition) is 1. The highest BCUT2D eigenvalue weighted by molar-refractivity contribution is 5.51. The number of para-hydroxylation sites is 2.